The summed E-state index contributed by atoms with van der Waals surface area (Å²) in [4.78, 5) is 9.82. The summed E-state index contributed by atoms with van der Waals surface area (Å²) in [7, 11) is 0. The first-order valence-electron chi connectivity index (χ1n) is 2.98. The van der Waals surface area contributed by atoms with Crippen molar-refractivity contribution in [2.45, 2.75) is 12.2 Å². The van der Waals surface area contributed by atoms with Crippen LogP contribution in [0.5, 0.6) is 0 Å². The van der Waals surface area contributed by atoms with Crippen LogP contribution in [0.1, 0.15) is 11.8 Å². The van der Waals surface area contributed by atoms with E-state index >= 15 is 0 Å². The fourth-order valence-electron chi connectivity index (χ4n) is 0.720. The van der Waals surface area contributed by atoms with Crippen molar-refractivity contribution in [1.82, 2.24) is 0 Å². The molecule has 0 N–H and O–H groups in total. The molecule has 1 aromatic rings. The molecule has 0 spiro atoms. The molecule has 0 aliphatic carbocycles. The average molecular weight is 179 g/mol. The molecule has 66 valence electrons. The molecule has 0 aliphatic heterocycles. The van der Waals surface area contributed by atoms with Gasteiger partial charge < -0.3 is 4.42 Å². The fourth-order valence-corrected chi connectivity index (χ4v) is 0.720. The van der Waals surface area contributed by atoms with Gasteiger partial charge in [-0.3, -0.25) is 0 Å². The smallest absolute Gasteiger partial charge is 0.421 e. The molecule has 0 amide bonds. The van der Waals surface area contributed by atoms with E-state index in [1.165, 1.54) is 6.07 Å². The van der Waals surface area contributed by atoms with Gasteiger partial charge in [-0.1, -0.05) is 0 Å². The van der Waals surface area contributed by atoms with E-state index < -0.39 is 18.0 Å². The summed E-state index contributed by atoms with van der Waals surface area (Å²) in [6.45, 7) is 0. The molecule has 1 rings (SSSR count). The van der Waals surface area contributed by atoms with Crippen LogP contribution in [0.15, 0.2) is 28.0 Å². The third-order valence-electron chi connectivity index (χ3n) is 1.23. The highest BCUT2D eigenvalue weighted by Gasteiger charge is 2.44. The number of rotatable bonds is 2. The van der Waals surface area contributed by atoms with Crippen molar-refractivity contribution < 1.29 is 17.6 Å². The molecule has 12 heavy (non-hydrogen) atoms. The minimum atomic E-state index is -4.68. The van der Waals surface area contributed by atoms with Gasteiger partial charge in [0.15, 0.2) is 0 Å². The van der Waals surface area contributed by atoms with Crippen LogP contribution < -0.4 is 0 Å². The van der Waals surface area contributed by atoms with Gasteiger partial charge in [-0.05, 0) is 17.3 Å². The van der Waals surface area contributed by atoms with Crippen molar-refractivity contribution in [3.05, 3.63) is 29.1 Å². The lowest BCUT2D eigenvalue weighted by Crippen LogP contribution is -2.17. The first kappa shape index (κ1) is 8.76. The Bertz CT molecular complexity index is 254. The molecule has 1 aromatic heterocycles. The third kappa shape index (κ3) is 1.63. The van der Waals surface area contributed by atoms with Crippen molar-refractivity contribution >= 4 is 0 Å². The number of nitroso groups, excluding NO2 is 1. The lowest BCUT2D eigenvalue weighted by Gasteiger charge is -2.09. The van der Waals surface area contributed by atoms with Gasteiger partial charge in [-0.15, -0.1) is 4.91 Å². The quantitative estimate of drug-likeness (QED) is 0.655. The Hall–Kier alpha value is -1.33. The molecule has 1 atom stereocenters. The lowest BCUT2D eigenvalue weighted by atomic mass is 10.2. The van der Waals surface area contributed by atoms with Crippen molar-refractivity contribution in [3.63, 3.8) is 0 Å². The molecule has 0 saturated carbocycles. The van der Waals surface area contributed by atoms with Crippen molar-refractivity contribution in [2.24, 2.45) is 5.18 Å². The number of alkyl halides is 3. The van der Waals surface area contributed by atoms with Gasteiger partial charge in [0.05, 0.1) is 6.26 Å². The van der Waals surface area contributed by atoms with Crippen LogP contribution in [0.2, 0.25) is 0 Å². The van der Waals surface area contributed by atoms with Crippen LogP contribution in [0, 0.1) is 4.91 Å². The van der Waals surface area contributed by atoms with Crippen LogP contribution >= 0.6 is 0 Å². The van der Waals surface area contributed by atoms with E-state index in [1.807, 2.05) is 5.18 Å². The van der Waals surface area contributed by atoms with E-state index in [4.69, 9.17) is 0 Å². The highest BCUT2D eigenvalue weighted by molar-refractivity contribution is 5.06. The Kier molecular flexibility index (Phi) is 2.16. The van der Waals surface area contributed by atoms with Crippen LogP contribution in [-0.4, -0.2) is 6.18 Å². The minimum absolute atomic E-state index is 0.488. The zero-order valence-electron chi connectivity index (χ0n) is 5.71. The topological polar surface area (TPSA) is 42.6 Å². The second-order valence-electron chi connectivity index (χ2n) is 2.06. The zero-order chi connectivity index (χ0) is 9.19. The van der Waals surface area contributed by atoms with E-state index in [0.717, 1.165) is 12.3 Å². The summed E-state index contributed by atoms with van der Waals surface area (Å²) in [6.07, 6.45) is -3.63. The van der Waals surface area contributed by atoms with Crippen molar-refractivity contribution in [3.8, 4) is 0 Å². The molecule has 3 nitrogen and oxygen atoms in total. The standard InChI is InChI=1S/C6H4F3NO2/c7-6(8,9)5(10-11)4-2-1-3-12-4/h1-3,5H. The predicted molar refractivity (Wildman–Crippen MR) is 33.3 cm³/mol. The second kappa shape index (κ2) is 2.96. The minimum Gasteiger partial charge on any atom is -0.467 e. The summed E-state index contributed by atoms with van der Waals surface area (Å²) >= 11 is 0. The predicted octanol–water partition coefficient (Wildman–Crippen LogP) is 2.65. The average Bonchev–Trinajstić information content (AvgIpc) is 2.38. The van der Waals surface area contributed by atoms with Crippen molar-refractivity contribution in [1.29, 1.82) is 0 Å². The monoisotopic (exact) mass is 179 g/mol. The number of furan rings is 1. The van der Waals surface area contributed by atoms with Gasteiger partial charge >= 0.3 is 6.18 Å². The van der Waals surface area contributed by atoms with Gasteiger partial charge in [0, 0.05) is 0 Å². The highest BCUT2D eigenvalue weighted by atomic mass is 19.4. The summed E-state index contributed by atoms with van der Waals surface area (Å²) in [5, 5.41) is 1.93. The molecule has 0 aromatic carbocycles. The van der Waals surface area contributed by atoms with Crippen LogP contribution in [0.3, 0.4) is 0 Å². The molecule has 6 heteroatoms. The molecule has 0 saturated heterocycles. The van der Waals surface area contributed by atoms with Crippen LogP contribution in [-0.2, 0) is 0 Å². The molecule has 0 bridgehead atoms. The number of hydrogen-bond acceptors (Lipinski definition) is 3. The summed E-state index contributed by atoms with van der Waals surface area (Å²) < 4.78 is 40.2. The van der Waals surface area contributed by atoms with Gasteiger partial charge in [0.2, 0.25) is 6.04 Å². The maximum atomic E-state index is 11.9. The molecular weight excluding hydrogens is 175 g/mol. The highest BCUT2D eigenvalue weighted by Crippen LogP contribution is 2.35. The summed E-state index contributed by atoms with van der Waals surface area (Å²) in [5.41, 5.74) is 0. The number of nitrogens with zero attached hydrogens (tertiary/aromatic N) is 1. The van der Waals surface area contributed by atoms with Gasteiger partial charge in [0.1, 0.15) is 5.76 Å². The van der Waals surface area contributed by atoms with E-state index in [2.05, 4.69) is 4.42 Å². The summed E-state index contributed by atoms with van der Waals surface area (Å²) in [6, 6.07) is -0.0776. The molecular formula is C6H4F3NO2. The Labute approximate surface area is 65.1 Å². The van der Waals surface area contributed by atoms with E-state index in [-0.39, 0.29) is 0 Å². The van der Waals surface area contributed by atoms with Crippen molar-refractivity contribution in [2.75, 3.05) is 0 Å². The maximum absolute atomic E-state index is 11.9. The Morgan fingerprint density at radius 2 is 2.17 bits per heavy atom. The zero-order valence-corrected chi connectivity index (χ0v) is 5.71. The molecule has 1 unspecified atom stereocenters. The van der Waals surface area contributed by atoms with Gasteiger partial charge in [-0.2, -0.15) is 13.2 Å². The molecule has 0 aliphatic rings. The number of hydrogen-bond donors (Lipinski definition) is 0. The van der Waals surface area contributed by atoms with E-state index in [9.17, 15) is 18.1 Å². The largest absolute Gasteiger partial charge is 0.467 e. The maximum Gasteiger partial charge on any atom is 0.421 e. The number of halogens is 3. The van der Waals surface area contributed by atoms with E-state index in [1.54, 1.807) is 0 Å². The lowest BCUT2D eigenvalue weighted by molar-refractivity contribution is -0.152. The van der Waals surface area contributed by atoms with E-state index in [0.29, 0.717) is 0 Å². The Morgan fingerprint density at radius 3 is 2.50 bits per heavy atom. The van der Waals surface area contributed by atoms with Gasteiger partial charge in [-0.25, -0.2) is 0 Å². The first-order chi connectivity index (χ1) is 5.55. The molecule has 0 fully saturated rings. The summed E-state index contributed by atoms with van der Waals surface area (Å²) in [5.74, 6) is -0.488. The Balaban J connectivity index is 2.91. The van der Waals surface area contributed by atoms with Crippen LogP contribution in [0.25, 0.3) is 0 Å². The molecule has 0 radical (unpaired) electrons. The normalized spacial score (nSPS) is 14.2. The first-order valence-corrected chi connectivity index (χ1v) is 2.98. The van der Waals surface area contributed by atoms with Crippen LogP contribution in [0.4, 0.5) is 13.2 Å². The SMILES string of the molecule is O=NC(c1ccco1)C(F)(F)F. The van der Waals surface area contributed by atoms with Gasteiger partial charge in [0.25, 0.3) is 0 Å². The fraction of sp³-hybridized carbons (Fsp3) is 0.333. The third-order valence-corrected chi connectivity index (χ3v) is 1.23. The second-order valence-corrected chi connectivity index (χ2v) is 2.06. The Morgan fingerprint density at radius 1 is 1.50 bits per heavy atom. The molecule has 1 heterocycles.